The summed E-state index contributed by atoms with van der Waals surface area (Å²) in [5, 5.41) is 0.153. The molecule has 1 atom stereocenters. The maximum atomic E-state index is 12.0. The van der Waals surface area contributed by atoms with Gasteiger partial charge in [0.25, 0.3) is 0 Å². The highest BCUT2D eigenvalue weighted by atomic mass is 79.9. The Kier molecular flexibility index (Phi) is 4.12. The molecule has 96 valence electrons. The van der Waals surface area contributed by atoms with Crippen molar-refractivity contribution in [3.63, 3.8) is 0 Å². The van der Waals surface area contributed by atoms with Gasteiger partial charge in [0.15, 0.2) is 5.12 Å². The highest BCUT2D eigenvalue weighted by molar-refractivity contribution is 9.10. The van der Waals surface area contributed by atoms with Gasteiger partial charge in [-0.1, -0.05) is 27.7 Å². The Hall–Kier alpha value is -0.810. The van der Waals surface area contributed by atoms with Crippen molar-refractivity contribution in [2.75, 3.05) is 11.4 Å². The number of carbonyl (C=O) groups is 2. The Balaban J connectivity index is 2.16. The van der Waals surface area contributed by atoms with Crippen LogP contribution < -0.4 is 4.90 Å². The van der Waals surface area contributed by atoms with E-state index in [0.717, 1.165) is 15.7 Å². The van der Waals surface area contributed by atoms with E-state index in [1.165, 1.54) is 11.8 Å². The zero-order valence-corrected chi connectivity index (χ0v) is 12.7. The summed E-state index contributed by atoms with van der Waals surface area (Å²) in [4.78, 5) is 24.8. The molecule has 5 heteroatoms. The first kappa shape index (κ1) is 13.6. The van der Waals surface area contributed by atoms with E-state index in [0.29, 0.717) is 13.0 Å². The topological polar surface area (TPSA) is 37.4 Å². The lowest BCUT2D eigenvalue weighted by atomic mass is 10.2. The smallest absolute Gasteiger partial charge is 0.228 e. The van der Waals surface area contributed by atoms with E-state index < -0.39 is 0 Å². The lowest BCUT2D eigenvalue weighted by molar-refractivity contribution is -0.117. The molecule has 0 bridgehead atoms. The number of aryl methyl sites for hydroxylation is 1. The van der Waals surface area contributed by atoms with Crippen molar-refractivity contribution in [2.45, 2.75) is 25.5 Å². The van der Waals surface area contributed by atoms with Crippen molar-refractivity contribution in [1.29, 1.82) is 0 Å². The van der Waals surface area contributed by atoms with Gasteiger partial charge in [-0.15, -0.1) is 0 Å². The zero-order valence-electron chi connectivity index (χ0n) is 10.3. The number of thioether (sulfide) groups is 1. The van der Waals surface area contributed by atoms with Crippen LogP contribution in [0.1, 0.15) is 18.9 Å². The average Bonchev–Trinajstić information content (AvgIpc) is 2.62. The molecule has 1 aliphatic heterocycles. The van der Waals surface area contributed by atoms with Crippen LogP contribution in [0.4, 0.5) is 5.69 Å². The fourth-order valence-electron chi connectivity index (χ4n) is 2.03. The quantitative estimate of drug-likeness (QED) is 0.837. The molecule has 0 N–H and O–H groups in total. The number of benzene rings is 1. The number of rotatable bonds is 2. The number of anilines is 1. The number of nitrogens with zero attached hydrogens (tertiary/aromatic N) is 1. The molecule has 1 saturated heterocycles. The first-order valence-electron chi connectivity index (χ1n) is 5.71. The van der Waals surface area contributed by atoms with Gasteiger partial charge in [0.2, 0.25) is 5.91 Å². The number of halogens is 1. The van der Waals surface area contributed by atoms with Crippen molar-refractivity contribution in [3.8, 4) is 0 Å². The number of amides is 1. The van der Waals surface area contributed by atoms with Crippen LogP contribution in [0.2, 0.25) is 0 Å². The van der Waals surface area contributed by atoms with Gasteiger partial charge in [-0.25, -0.2) is 0 Å². The first-order chi connectivity index (χ1) is 8.47. The zero-order chi connectivity index (χ0) is 13.3. The van der Waals surface area contributed by atoms with Gasteiger partial charge in [0, 0.05) is 35.3 Å². The molecule has 1 amide bonds. The summed E-state index contributed by atoms with van der Waals surface area (Å²) in [5.74, 6) is 0.0930. The molecular formula is C13H14BrNO2S. The van der Waals surface area contributed by atoms with Crippen LogP contribution in [0.15, 0.2) is 22.7 Å². The van der Waals surface area contributed by atoms with Crippen LogP contribution in [-0.2, 0) is 9.59 Å². The molecule has 0 radical (unpaired) electrons. The molecule has 1 aliphatic rings. The summed E-state index contributed by atoms with van der Waals surface area (Å²) in [5.41, 5.74) is 2.01. The Morgan fingerprint density at radius 2 is 2.22 bits per heavy atom. The highest BCUT2D eigenvalue weighted by Crippen LogP contribution is 2.30. The van der Waals surface area contributed by atoms with Crippen LogP contribution in [0, 0.1) is 6.92 Å². The third kappa shape index (κ3) is 2.95. The number of hydrogen-bond acceptors (Lipinski definition) is 3. The van der Waals surface area contributed by atoms with Gasteiger partial charge in [-0.3, -0.25) is 9.59 Å². The lowest BCUT2D eigenvalue weighted by Gasteiger charge is -2.17. The van der Waals surface area contributed by atoms with Crippen LogP contribution in [-0.4, -0.2) is 22.8 Å². The molecule has 0 saturated carbocycles. The fraction of sp³-hybridized carbons (Fsp3) is 0.385. The van der Waals surface area contributed by atoms with Crippen molar-refractivity contribution in [2.24, 2.45) is 0 Å². The van der Waals surface area contributed by atoms with Gasteiger partial charge < -0.3 is 4.90 Å². The third-order valence-corrected chi connectivity index (χ3v) is 4.75. The van der Waals surface area contributed by atoms with E-state index >= 15 is 0 Å². The van der Waals surface area contributed by atoms with Crippen molar-refractivity contribution < 1.29 is 9.59 Å². The lowest BCUT2D eigenvalue weighted by Crippen LogP contribution is -2.24. The summed E-state index contributed by atoms with van der Waals surface area (Å²) in [6.07, 6.45) is 0.444. The molecule has 3 nitrogen and oxygen atoms in total. The average molecular weight is 328 g/mol. The van der Waals surface area contributed by atoms with Gasteiger partial charge in [-0.05, 0) is 30.7 Å². The Morgan fingerprint density at radius 3 is 2.83 bits per heavy atom. The molecule has 1 aromatic carbocycles. The second kappa shape index (κ2) is 5.45. The maximum absolute atomic E-state index is 12.0. The molecule has 1 heterocycles. The first-order valence-corrected chi connectivity index (χ1v) is 7.38. The van der Waals surface area contributed by atoms with Gasteiger partial charge in [0.1, 0.15) is 0 Å². The Bertz CT molecular complexity index is 504. The number of carbonyl (C=O) groups excluding carboxylic acids is 2. The number of hydrogen-bond donors (Lipinski definition) is 0. The van der Waals surface area contributed by atoms with Crippen LogP contribution in [0.3, 0.4) is 0 Å². The largest absolute Gasteiger partial charge is 0.311 e. The van der Waals surface area contributed by atoms with Crippen LogP contribution in [0.25, 0.3) is 0 Å². The van der Waals surface area contributed by atoms with Gasteiger partial charge in [-0.2, -0.15) is 0 Å². The summed E-state index contributed by atoms with van der Waals surface area (Å²) in [6, 6.07) is 5.86. The Labute approximate surface area is 119 Å². The van der Waals surface area contributed by atoms with E-state index in [4.69, 9.17) is 0 Å². The van der Waals surface area contributed by atoms with Crippen LogP contribution in [0.5, 0.6) is 0 Å². The molecule has 1 unspecified atom stereocenters. The molecule has 1 fully saturated rings. The molecule has 2 rings (SSSR count). The minimum absolute atomic E-state index is 0.0710. The second-order valence-corrected chi connectivity index (χ2v) is 6.71. The minimum atomic E-state index is 0.0710. The summed E-state index contributed by atoms with van der Waals surface area (Å²) in [6.45, 7) is 4.15. The normalized spacial score (nSPS) is 19.4. The summed E-state index contributed by atoms with van der Waals surface area (Å²) >= 11 is 4.71. The molecule has 18 heavy (non-hydrogen) atoms. The van der Waals surface area contributed by atoms with Crippen LogP contribution >= 0.6 is 27.7 Å². The molecular weight excluding hydrogens is 314 g/mol. The van der Waals surface area contributed by atoms with E-state index in [2.05, 4.69) is 15.9 Å². The molecule has 0 aromatic heterocycles. The summed E-state index contributed by atoms with van der Waals surface area (Å²) < 4.78 is 1.03. The Morgan fingerprint density at radius 1 is 1.50 bits per heavy atom. The van der Waals surface area contributed by atoms with Crippen molar-refractivity contribution >= 4 is 44.4 Å². The van der Waals surface area contributed by atoms with Gasteiger partial charge >= 0.3 is 0 Å². The third-order valence-electron chi connectivity index (χ3n) is 2.88. The minimum Gasteiger partial charge on any atom is -0.311 e. The highest BCUT2D eigenvalue weighted by Gasteiger charge is 2.31. The fourth-order valence-corrected chi connectivity index (χ4v) is 3.20. The summed E-state index contributed by atoms with van der Waals surface area (Å²) in [7, 11) is 0. The van der Waals surface area contributed by atoms with E-state index in [1.807, 2.05) is 25.1 Å². The van der Waals surface area contributed by atoms with Gasteiger partial charge in [0.05, 0.1) is 0 Å². The molecule has 0 aliphatic carbocycles. The van der Waals surface area contributed by atoms with E-state index in [1.54, 1.807) is 11.8 Å². The van der Waals surface area contributed by atoms with Crippen molar-refractivity contribution in [3.05, 3.63) is 28.2 Å². The standard InChI is InChI=1S/C13H14BrNO2S/c1-8-5-10(3-4-12(8)14)15-7-11(6-13(15)17)18-9(2)16/h3-5,11H,6-7H2,1-2H3. The maximum Gasteiger partial charge on any atom is 0.228 e. The molecule has 0 spiro atoms. The second-order valence-electron chi connectivity index (χ2n) is 4.37. The predicted octanol–water partition coefficient (Wildman–Crippen LogP) is 3.14. The predicted molar refractivity (Wildman–Crippen MR) is 77.9 cm³/mol. The van der Waals surface area contributed by atoms with Crippen molar-refractivity contribution in [1.82, 2.24) is 0 Å². The van der Waals surface area contributed by atoms with E-state index in [-0.39, 0.29) is 16.3 Å². The SMILES string of the molecule is CC(=O)SC1CC(=O)N(c2ccc(Br)c(C)c2)C1. The molecule has 1 aromatic rings. The van der Waals surface area contributed by atoms with E-state index in [9.17, 15) is 9.59 Å². The monoisotopic (exact) mass is 327 g/mol.